The first-order chi connectivity index (χ1) is 5.64. The molecule has 2 atom stereocenters. The molecule has 3 rings (SSSR count). The average molecular weight is 170 g/mol. The van der Waals surface area contributed by atoms with Gasteiger partial charge in [-0.15, -0.1) is 0 Å². The molecule has 0 aromatic carbocycles. The van der Waals surface area contributed by atoms with E-state index < -0.39 is 11.5 Å². The maximum atomic E-state index is 11.1. The highest BCUT2D eigenvalue weighted by molar-refractivity contribution is 5.92. The van der Waals surface area contributed by atoms with Gasteiger partial charge in [-0.2, -0.15) is 0 Å². The molecule has 3 aliphatic rings. The molecule has 5 nitrogen and oxygen atoms in total. The molecule has 66 valence electrons. The summed E-state index contributed by atoms with van der Waals surface area (Å²) < 4.78 is 0. The second-order valence-electron chi connectivity index (χ2n) is 3.35. The third-order valence-corrected chi connectivity index (χ3v) is 2.60. The average Bonchev–Trinajstić information content (AvgIpc) is 2.05. The van der Waals surface area contributed by atoms with Gasteiger partial charge in [-0.1, -0.05) is 0 Å². The lowest BCUT2D eigenvalue weighted by Gasteiger charge is -2.43. The number of fused-ring (bicyclic) bond motifs is 3. The summed E-state index contributed by atoms with van der Waals surface area (Å²) in [4.78, 5) is 22.0. The molecule has 3 fully saturated rings. The van der Waals surface area contributed by atoms with E-state index in [9.17, 15) is 9.59 Å². The highest BCUT2D eigenvalue weighted by Gasteiger charge is 2.49. The number of carbonyl (C=O) groups excluding carboxylic acids is 1. The summed E-state index contributed by atoms with van der Waals surface area (Å²) in [6.45, 7) is 0.346. The van der Waals surface area contributed by atoms with Crippen LogP contribution in [0.1, 0.15) is 12.8 Å². The lowest BCUT2D eigenvalue weighted by Crippen LogP contribution is -2.73. The number of hydrogen-bond acceptors (Lipinski definition) is 3. The van der Waals surface area contributed by atoms with Gasteiger partial charge in [0.2, 0.25) is 5.91 Å². The Labute approximate surface area is 69.1 Å². The molecule has 0 spiro atoms. The Bertz CT molecular complexity index is 241. The van der Waals surface area contributed by atoms with Gasteiger partial charge in [0.25, 0.3) is 0 Å². The predicted molar refractivity (Wildman–Crippen MR) is 39.5 cm³/mol. The van der Waals surface area contributed by atoms with Crippen molar-refractivity contribution < 1.29 is 14.7 Å². The smallest absolute Gasteiger partial charge is 0.330 e. The Morgan fingerprint density at radius 3 is 2.75 bits per heavy atom. The minimum Gasteiger partial charge on any atom is -0.479 e. The summed E-state index contributed by atoms with van der Waals surface area (Å²) in [6, 6.07) is -0.175. The van der Waals surface area contributed by atoms with Gasteiger partial charge < -0.3 is 15.7 Å². The van der Waals surface area contributed by atoms with E-state index in [0.717, 1.165) is 0 Å². The van der Waals surface area contributed by atoms with Gasteiger partial charge in [-0.3, -0.25) is 4.79 Å². The van der Waals surface area contributed by atoms with E-state index in [1.807, 2.05) is 0 Å². The van der Waals surface area contributed by atoms with E-state index in [2.05, 4.69) is 10.6 Å². The molecule has 3 N–H and O–H groups in total. The Balaban J connectivity index is 2.27. The lowest BCUT2D eigenvalue weighted by atomic mass is 9.82. The number of piperidine rings is 2. The van der Waals surface area contributed by atoms with Crippen LogP contribution in [-0.4, -0.2) is 35.1 Å². The topological polar surface area (TPSA) is 78.4 Å². The third kappa shape index (κ3) is 0.828. The first-order valence-electron chi connectivity index (χ1n) is 3.93. The van der Waals surface area contributed by atoms with Crippen LogP contribution in [0, 0.1) is 0 Å². The number of nitrogens with one attached hydrogen (secondary N) is 2. The van der Waals surface area contributed by atoms with Gasteiger partial charge in [0.05, 0.1) is 6.04 Å². The maximum Gasteiger partial charge on any atom is 0.330 e. The van der Waals surface area contributed by atoms with Crippen molar-refractivity contribution in [3.63, 3.8) is 0 Å². The van der Waals surface area contributed by atoms with Crippen LogP contribution in [0.25, 0.3) is 0 Å². The van der Waals surface area contributed by atoms with Crippen molar-refractivity contribution in [1.29, 1.82) is 0 Å². The van der Waals surface area contributed by atoms with Crippen LogP contribution in [-0.2, 0) is 9.59 Å². The molecule has 2 bridgehead atoms. The molecule has 0 aliphatic carbocycles. The van der Waals surface area contributed by atoms with Gasteiger partial charge >= 0.3 is 5.97 Å². The Morgan fingerprint density at radius 1 is 1.67 bits per heavy atom. The molecule has 1 amide bonds. The van der Waals surface area contributed by atoms with Crippen LogP contribution >= 0.6 is 0 Å². The van der Waals surface area contributed by atoms with Gasteiger partial charge in [-0.05, 0) is 12.8 Å². The summed E-state index contributed by atoms with van der Waals surface area (Å²) >= 11 is 0. The van der Waals surface area contributed by atoms with E-state index in [0.29, 0.717) is 19.4 Å². The Kier molecular flexibility index (Phi) is 1.38. The van der Waals surface area contributed by atoms with Crippen molar-refractivity contribution in [3.05, 3.63) is 0 Å². The van der Waals surface area contributed by atoms with Crippen LogP contribution in [0.2, 0.25) is 0 Å². The predicted octanol–water partition coefficient (Wildman–Crippen LogP) is -1.31. The number of amides is 1. The number of carbonyl (C=O) groups is 2. The number of carboxylic acid groups (broad SMARTS) is 1. The number of carboxylic acids is 1. The molecule has 0 aromatic heterocycles. The number of rotatable bonds is 1. The minimum absolute atomic E-state index is 0.175. The van der Waals surface area contributed by atoms with Crippen molar-refractivity contribution >= 4 is 11.9 Å². The van der Waals surface area contributed by atoms with Gasteiger partial charge in [0.1, 0.15) is 0 Å². The first kappa shape index (κ1) is 7.54. The fourth-order valence-corrected chi connectivity index (χ4v) is 1.77. The van der Waals surface area contributed by atoms with Crippen molar-refractivity contribution in [3.8, 4) is 0 Å². The zero-order valence-electron chi connectivity index (χ0n) is 6.46. The van der Waals surface area contributed by atoms with Crippen LogP contribution in [0.3, 0.4) is 0 Å². The Hall–Kier alpha value is -1.10. The molecular weight excluding hydrogens is 160 g/mol. The van der Waals surface area contributed by atoms with Crippen molar-refractivity contribution in [2.75, 3.05) is 6.54 Å². The maximum absolute atomic E-state index is 11.1. The minimum atomic E-state index is -1.04. The van der Waals surface area contributed by atoms with Crippen LogP contribution in [0.15, 0.2) is 0 Å². The van der Waals surface area contributed by atoms with Crippen molar-refractivity contribution in [2.24, 2.45) is 0 Å². The third-order valence-electron chi connectivity index (χ3n) is 2.60. The van der Waals surface area contributed by atoms with Crippen LogP contribution in [0.5, 0.6) is 0 Å². The fraction of sp³-hybridized carbons (Fsp3) is 0.714. The first-order valence-corrected chi connectivity index (χ1v) is 3.93. The molecule has 0 aromatic rings. The monoisotopic (exact) mass is 170 g/mol. The SMILES string of the molecule is O=C1NC2(C(=O)O)CCC1NC2. The molecular formula is C7H10N2O3. The second-order valence-corrected chi connectivity index (χ2v) is 3.35. The molecule has 2 unspecified atom stereocenters. The van der Waals surface area contributed by atoms with Crippen molar-refractivity contribution in [2.45, 2.75) is 24.4 Å². The molecule has 0 saturated carbocycles. The van der Waals surface area contributed by atoms with E-state index in [1.54, 1.807) is 0 Å². The van der Waals surface area contributed by atoms with E-state index in [-0.39, 0.29) is 11.9 Å². The second kappa shape index (κ2) is 2.20. The number of piperazine rings is 1. The quantitative estimate of drug-likeness (QED) is 0.456. The highest BCUT2D eigenvalue weighted by Crippen LogP contribution is 2.24. The van der Waals surface area contributed by atoms with Gasteiger partial charge in [0.15, 0.2) is 5.54 Å². The summed E-state index contributed by atoms with van der Waals surface area (Å²) in [5, 5.41) is 14.3. The van der Waals surface area contributed by atoms with Crippen LogP contribution < -0.4 is 10.6 Å². The molecule has 3 heterocycles. The number of aliphatic carboxylic acids is 1. The normalized spacial score (nSPS) is 39.3. The Morgan fingerprint density at radius 2 is 2.42 bits per heavy atom. The van der Waals surface area contributed by atoms with Crippen molar-refractivity contribution in [1.82, 2.24) is 10.6 Å². The molecule has 0 radical (unpaired) electrons. The van der Waals surface area contributed by atoms with E-state index >= 15 is 0 Å². The molecule has 12 heavy (non-hydrogen) atoms. The fourth-order valence-electron chi connectivity index (χ4n) is 1.77. The summed E-state index contributed by atoms with van der Waals surface area (Å²) in [6.07, 6.45) is 1.16. The van der Waals surface area contributed by atoms with Gasteiger partial charge in [-0.25, -0.2) is 4.79 Å². The molecule has 3 saturated heterocycles. The number of hydrogen-bond donors (Lipinski definition) is 3. The summed E-state index contributed by atoms with van der Waals surface area (Å²) in [7, 11) is 0. The van der Waals surface area contributed by atoms with Crippen LogP contribution in [0.4, 0.5) is 0 Å². The highest BCUT2D eigenvalue weighted by atomic mass is 16.4. The van der Waals surface area contributed by atoms with E-state index in [4.69, 9.17) is 5.11 Å². The zero-order valence-corrected chi connectivity index (χ0v) is 6.46. The summed E-state index contributed by atoms with van der Waals surface area (Å²) in [5.74, 6) is -1.13. The largest absolute Gasteiger partial charge is 0.479 e. The lowest BCUT2D eigenvalue weighted by molar-refractivity contribution is -0.153. The van der Waals surface area contributed by atoms with E-state index in [1.165, 1.54) is 0 Å². The standard InChI is InChI=1S/C7H10N2O3/c10-5-4-1-2-7(9-5,3-8-4)6(11)12/h4,8H,1-3H2,(H,9,10)(H,11,12). The van der Waals surface area contributed by atoms with Gasteiger partial charge in [0, 0.05) is 6.54 Å². The molecule has 3 aliphatic heterocycles. The molecule has 5 heteroatoms. The zero-order chi connectivity index (χ0) is 8.77. The summed E-state index contributed by atoms with van der Waals surface area (Å²) in [5.41, 5.74) is -1.04.